The van der Waals surface area contributed by atoms with Crippen LogP contribution in [-0.4, -0.2) is 22.6 Å². The Kier molecular flexibility index (Phi) is 3.18. The van der Waals surface area contributed by atoms with Crippen molar-refractivity contribution < 1.29 is 18.3 Å². The fourth-order valence-electron chi connectivity index (χ4n) is 4.49. The number of imidazole rings is 1. The number of nitrogens with zero attached hydrogens (tertiary/aromatic N) is 2. The monoisotopic (exact) mass is 320 g/mol. The molecule has 4 nitrogen and oxygen atoms in total. The van der Waals surface area contributed by atoms with Gasteiger partial charge in [-0.1, -0.05) is 6.92 Å². The van der Waals surface area contributed by atoms with Gasteiger partial charge in [0.1, 0.15) is 0 Å². The van der Waals surface area contributed by atoms with Gasteiger partial charge < -0.3 is 9.30 Å². The lowest BCUT2D eigenvalue weighted by Gasteiger charge is -2.19. The van der Waals surface area contributed by atoms with Crippen LogP contribution in [0.25, 0.3) is 11.0 Å². The lowest BCUT2D eigenvalue weighted by Crippen LogP contribution is -2.18. The average Bonchev–Trinajstić information content (AvgIpc) is 2.87. The van der Waals surface area contributed by atoms with Crippen LogP contribution in [0.5, 0.6) is 0 Å². The van der Waals surface area contributed by atoms with Gasteiger partial charge in [0.2, 0.25) is 0 Å². The first-order chi connectivity index (χ1) is 11.0. The molecule has 4 rings (SSSR count). The fraction of sp³-hybridized carbons (Fsp3) is 0.529. The summed E-state index contributed by atoms with van der Waals surface area (Å²) in [7, 11) is 1.42. The molecule has 122 valence electrons. The van der Waals surface area contributed by atoms with E-state index in [-0.39, 0.29) is 17.9 Å². The van der Waals surface area contributed by atoms with Crippen molar-refractivity contribution in [1.29, 1.82) is 0 Å². The standard InChI is InChI=1S/C17H18F2N2O2/c1-8(17(22)23-2)16-10-3-9(4-11(10)16)21-7-20-14-5-12(18)13(19)6-15(14)21/h5-11,16H,3-4H2,1-2H3/t8?,9?,10-,11+,16-. The molecule has 1 aromatic heterocycles. The van der Waals surface area contributed by atoms with Crippen molar-refractivity contribution in [2.24, 2.45) is 23.7 Å². The molecule has 6 heteroatoms. The summed E-state index contributed by atoms with van der Waals surface area (Å²) < 4.78 is 33.6. The van der Waals surface area contributed by atoms with Gasteiger partial charge in [-0.2, -0.15) is 0 Å². The van der Waals surface area contributed by atoms with Crippen LogP contribution in [-0.2, 0) is 9.53 Å². The van der Waals surface area contributed by atoms with Crippen molar-refractivity contribution in [3.05, 3.63) is 30.1 Å². The number of hydrogen-bond donors (Lipinski definition) is 0. The lowest BCUT2D eigenvalue weighted by atomic mass is 9.97. The molecule has 0 aliphatic heterocycles. The number of aromatic nitrogens is 2. The molecule has 0 bridgehead atoms. The normalized spacial score (nSPS) is 30.3. The first-order valence-electron chi connectivity index (χ1n) is 7.90. The van der Waals surface area contributed by atoms with E-state index in [0.29, 0.717) is 28.8 Å². The van der Waals surface area contributed by atoms with Crippen molar-refractivity contribution in [3.63, 3.8) is 0 Å². The predicted octanol–water partition coefficient (Wildman–Crippen LogP) is 3.32. The molecule has 2 aliphatic rings. The van der Waals surface area contributed by atoms with Gasteiger partial charge in [-0.15, -0.1) is 0 Å². The molecule has 2 unspecified atom stereocenters. The van der Waals surface area contributed by atoms with Gasteiger partial charge in [-0.05, 0) is 30.6 Å². The smallest absolute Gasteiger partial charge is 0.308 e. The van der Waals surface area contributed by atoms with Gasteiger partial charge in [-0.25, -0.2) is 13.8 Å². The van der Waals surface area contributed by atoms with E-state index in [4.69, 9.17) is 4.74 Å². The van der Waals surface area contributed by atoms with Crippen LogP contribution in [0.15, 0.2) is 18.5 Å². The number of carbonyl (C=O) groups excluding carboxylic acids is 1. The number of esters is 1. The minimum Gasteiger partial charge on any atom is -0.469 e. The van der Waals surface area contributed by atoms with Gasteiger partial charge in [0.25, 0.3) is 0 Å². The van der Waals surface area contributed by atoms with Crippen LogP contribution in [0.3, 0.4) is 0 Å². The van der Waals surface area contributed by atoms with Crippen LogP contribution in [0.2, 0.25) is 0 Å². The summed E-state index contributed by atoms with van der Waals surface area (Å²) >= 11 is 0. The zero-order chi connectivity index (χ0) is 16.3. The topological polar surface area (TPSA) is 44.1 Å². The molecule has 2 fully saturated rings. The molecule has 0 N–H and O–H groups in total. The average molecular weight is 320 g/mol. The molecule has 2 saturated carbocycles. The highest BCUT2D eigenvalue weighted by molar-refractivity contribution is 5.75. The number of ether oxygens (including phenoxy) is 1. The first kappa shape index (κ1) is 14.6. The van der Waals surface area contributed by atoms with Gasteiger partial charge in [-0.3, -0.25) is 4.79 Å². The van der Waals surface area contributed by atoms with E-state index < -0.39 is 11.6 Å². The molecule has 0 amide bonds. The number of fused-ring (bicyclic) bond motifs is 2. The molecule has 0 saturated heterocycles. The van der Waals surface area contributed by atoms with Crippen molar-refractivity contribution in [3.8, 4) is 0 Å². The SMILES string of the molecule is COC(=O)C(C)[C@@H]1[C@@H]2CC(n3cnc4cc(F)c(F)cc43)C[C@@H]21. The molecule has 23 heavy (non-hydrogen) atoms. The summed E-state index contributed by atoms with van der Waals surface area (Å²) in [4.78, 5) is 15.8. The third kappa shape index (κ3) is 2.15. The lowest BCUT2D eigenvalue weighted by molar-refractivity contribution is -0.145. The Morgan fingerprint density at radius 2 is 1.96 bits per heavy atom. The summed E-state index contributed by atoms with van der Waals surface area (Å²) in [6.45, 7) is 1.93. The zero-order valence-corrected chi connectivity index (χ0v) is 13.0. The molecular weight excluding hydrogens is 302 g/mol. The quantitative estimate of drug-likeness (QED) is 0.815. The Labute approximate surface area is 132 Å². The van der Waals surface area contributed by atoms with E-state index in [1.54, 1.807) is 6.33 Å². The maximum atomic E-state index is 13.5. The molecule has 1 aromatic carbocycles. The summed E-state index contributed by atoms with van der Waals surface area (Å²) in [5.41, 5.74) is 1.11. The minimum atomic E-state index is -0.871. The number of rotatable bonds is 3. The Hall–Kier alpha value is -1.98. The van der Waals surface area contributed by atoms with Crippen LogP contribution >= 0.6 is 0 Å². The van der Waals surface area contributed by atoms with Crippen LogP contribution in [0, 0.1) is 35.3 Å². The largest absolute Gasteiger partial charge is 0.469 e. The summed E-state index contributed by atoms with van der Waals surface area (Å²) in [6.07, 6.45) is 3.56. The zero-order valence-electron chi connectivity index (χ0n) is 13.0. The summed E-state index contributed by atoms with van der Waals surface area (Å²) in [6, 6.07) is 2.59. The minimum absolute atomic E-state index is 0.0676. The van der Waals surface area contributed by atoms with Crippen LogP contribution in [0.1, 0.15) is 25.8 Å². The maximum Gasteiger partial charge on any atom is 0.308 e. The number of halogens is 2. The Balaban J connectivity index is 1.53. The molecular formula is C17H18F2N2O2. The van der Waals surface area contributed by atoms with Gasteiger partial charge in [0, 0.05) is 18.2 Å². The number of hydrogen-bond acceptors (Lipinski definition) is 3. The summed E-state index contributed by atoms with van der Waals surface area (Å²) in [5, 5.41) is 0. The second-order valence-corrected chi connectivity index (χ2v) is 6.75. The Morgan fingerprint density at radius 3 is 2.61 bits per heavy atom. The van der Waals surface area contributed by atoms with E-state index in [0.717, 1.165) is 18.9 Å². The number of methoxy groups -OCH3 is 1. The van der Waals surface area contributed by atoms with E-state index in [2.05, 4.69) is 4.98 Å². The van der Waals surface area contributed by atoms with E-state index in [9.17, 15) is 13.6 Å². The van der Waals surface area contributed by atoms with Crippen LogP contribution < -0.4 is 0 Å². The molecule has 5 atom stereocenters. The highest BCUT2D eigenvalue weighted by Crippen LogP contribution is 2.64. The van der Waals surface area contributed by atoms with E-state index >= 15 is 0 Å². The van der Waals surface area contributed by atoms with Crippen LogP contribution in [0.4, 0.5) is 8.78 Å². The van der Waals surface area contributed by atoms with Gasteiger partial charge in [0.05, 0.1) is 30.4 Å². The first-order valence-corrected chi connectivity index (χ1v) is 7.90. The van der Waals surface area contributed by atoms with Gasteiger partial charge in [0.15, 0.2) is 11.6 Å². The molecule has 2 aromatic rings. The maximum absolute atomic E-state index is 13.5. The molecule has 2 aliphatic carbocycles. The Bertz CT molecular complexity index is 776. The van der Waals surface area contributed by atoms with Crippen molar-refractivity contribution >= 4 is 17.0 Å². The molecule has 1 heterocycles. The second kappa shape index (κ2) is 5.01. The van der Waals surface area contributed by atoms with Crippen molar-refractivity contribution in [2.75, 3.05) is 7.11 Å². The third-order valence-electron chi connectivity index (χ3n) is 5.65. The van der Waals surface area contributed by atoms with Crippen molar-refractivity contribution in [2.45, 2.75) is 25.8 Å². The van der Waals surface area contributed by atoms with E-state index in [1.807, 2.05) is 11.5 Å². The predicted molar refractivity (Wildman–Crippen MR) is 79.6 cm³/mol. The summed E-state index contributed by atoms with van der Waals surface area (Å²) in [5.74, 6) is -0.520. The van der Waals surface area contributed by atoms with Crippen molar-refractivity contribution in [1.82, 2.24) is 9.55 Å². The fourth-order valence-corrected chi connectivity index (χ4v) is 4.49. The number of benzene rings is 1. The molecule has 0 spiro atoms. The second-order valence-electron chi connectivity index (χ2n) is 6.75. The van der Waals surface area contributed by atoms with E-state index in [1.165, 1.54) is 13.2 Å². The molecule has 0 radical (unpaired) electrons. The van der Waals surface area contributed by atoms with Gasteiger partial charge >= 0.3 is 5.97 Å². The Morgan fingerprint density at radius 1 is 1.30 bits per heavy atom. The highest BCUT2D eigenvalue weighted by atomic mass is 19.2. The third-order valence-corrected chi connectivity index (χ3v) is 5.65. The highest BCUT2D eigenvalue weighted by Gasteiger charge is 2.59. The number of carbonyl (C=O) groups is 1.